The molecule has 0 spiro atoms. The molecule has 2 aromatic rings. The highest BCUT2D eigenvalue weighted by Crippen LogP contribution is 2.56. The van der Waals surface area contributed by atoms with E-state index in [1.807, 2.05) is 0 Å². The van der Waals surface area contributed by atoms with Crippen molar-refractivity contribution in [1.29, 1.82) is 0 Å². The maximum Gasteiger partial charge on any atom is 0.0536 e. The van der Waals surface area contributed by atoms with Gasteiger partial charge in [0.05, 0.1) is 5.52 Å². The molecule has 2 heterocycles. The van der Waals surface area contributed by atoms with Gasteiger partial charge in [-0.25, -0.2) is 0 Å². The fourth-order valence-corrected chi connectivity index (χ4v) is 4.62. The summed E-state index contributed by atoms with van der Waals surface area (Å²) in [5, 5.41) is 1.48. The van der Waals surface area contributed by atoms with Crippen LogP contribution in [0.4, 0.5) is 5.69 Å². The predicted octanol–water partition coefficient (Wildman–Crippen LogP) is 3.75. The summed E-state index contributed by atoms with van der Waals surface area (Å²) in [6, 6.07) is 5.59. The molecule has 3 atom stereocenters. The molecule has 0 N–H and O–H groups in total. The van der Waals surface area contributed by atoms with Crippen molar-refractivity contribution in [2.45, 2.75) is 44.1 Å². The molecule has 19 heavy (non-hydrogen) atoms. The number of hydrogen-bond acceptors (Lipinski definition) is 1. The van der Waals surface area contributed by atoms with Gasteiger partial charge in [0, 0.05) is 36.9 Å². The molecule has 0 radical (unpaired) electrons. The molecule has 98 valence electrons. The molecule has 1 aliphatic heterocycles. The second-order valence-electron chi connectivity index (χ2n) is 6.80. The lowest BCUT2D eigenvalue weighted by Gasteiger charge is -2.20. The maximum absolute atomic E-state index is 2.55. The van der Waals surface area contributed by atoms with Crippen molar-refractivity contribution in [2.24, 2.45) is 7.05 Å². The van der Waals surface area contributed by atoms with Gasteiger partial charge in [-0.2, -0.15) is 0 Å². The average Bonchev–Trinajstić information content (AvgIpc) is 2.84. The first kappa shape index (κ1) is 10.4. The van der Waals surface area contributed by atoms with Crippen molar-refractivity contribution in [2.75, 3.05) is 11.4 Å². The van der Waals surface area contributed by atoms with Gasteiger partial charge in [0.2, 0.25) is 0 Å². The van der Waals surface area contributed by atoms with E-state index in [0.717, 1.165) is 17.9 Å². The first-order valence-electron chi connectivity index (χ1n) is 7.62. The molecule has 3 aliphatic rings. The lowest BCUT2D eigenvalue weighted by molar-refractivity contribution is 0.718. The number of rotatable bonds is 1. The highest BCUT2D eigenvalue weighted by Gasteiger charge is 2.41. The summed E-state index contributed by atoms with van der Waals surface area (Å²) in [6.45, 7) is 3.56. The summed E-state index contributed by atoms with van der Waals surface area (Å²) in [7, 11) is 2.21. The molecule has 2 fully saturated rings. The number of benzene rings is 1. The van der Waals surface area contributed by atoms with E-state index in [1.54, 1.807) is 11.1 Å². The minimum Gasteiger partial charge on any atom is -0.364 e. The van der Waals surface area contributed by atoms with Gasteiger partial charge in [-0.3, -0.25) is 0 Å². The summed E-state index contributed by atoms with van der Waals surface area (Å²) >= 11 is 0. The van der Waals surface area contributed by atoms with Crippen molar-refractivity contribution in [3.63, 3.8) is 0 Å². The number of anilines is 1. The van der Waals surface area contributed by atoms with Crippen molar-refractivity contribution in [3.8, 4) is 0 Å². The first-order chi connectivity index (χ1) is 9.24. The molecule has 0 amide bonds. The van der Waals surface area contributed by atoms with Gasteiger partial charge >= 0.3 is 0 Å². The fraction of sp³-hybridized carbons (Fsp3) is 0.529. The van der Waals surface area contributed by atoms with Crippen LogP contribution in [-0.4, -0.2) is 17.2 Å². The van der Waals surface area contributed by atoms with Crippen LogP contribution in [0.5, 0.6) is 0 Å². The van der Waals surface area contributed by atoms with E-state index in [2.05, 4.69) is 41.8 Å². The first-order valence-corrected chi connectivity index (χ1v) is 7.62. The van der Waals surface area contributed by atoms with E-state index >= 15 is 0 Å². The molecule has 1 aromatic carbocycles. The molecule has 1 saturated heterocycles. The number of hydrogen-bond donors (Lipinski definition) is 0. The number of aryl methyl sites for hydroxylation is 1. The van der Waals surface area contributed by atoms with Gasteiger partial charge in [0.1, 0.15) is 0 Å². The zero-order valence-electron chi connectivity index (χ0n) is 11.7. The maximum atomic E-state index is 2.55. The predicted molar refractivity (Wildman–Crippen MR) is 79.1 cm³/mol. The van der Waals surface area contributed by atoms with E-state index in [1.165, 1.54) is 42.4 Å². The summed E-state index contributed by atoms with van der Waals surface area (Å²) in [4.78, 5) is 2.55. The Morgan fingerprint density at radius 3 is 2.79 bits per heavy atom. The zero-order chi connectivity index (χ0) is 12.7. The van der Waals surface area contributed by atoms with Gasteiger partial charge < -0.3 is 9.47 Å². The summed E-state index contributed by atoms with van der Waals surface area (Å²) in [5.41, 5.74) is 6.39. The van der Waals surface area contributed by atoms with Gasteiger partial charge in [0.25, 0.3) is 0 Å². The Balaban J connectivity index is 1.86. The van der Waals surface area contributed by atoms with E-state index < -0.39 is 0 Å². The second-order valence-corrected chi connectivity index (χ2v) is 6.80. The van der Waals surface area contributed by atoms with Crippen LogP contribution in [0.1, 0.15) is 49.1 Å². The monoisotopic (exact) mass is 252 g/mol. The van der Waals surface area contributed by atoms with E-state index in [9.17, 15) is 0 Å². The Hall–Kier alpha value is -1.44. The number of nitrogens with zero attached hydrogens (tertiary/aromatic N) is 2. The largest absolute Gasteiger partial charge is 0.364 e. The van der Waals surface area contributed by atoms with Crippen LogP contribution >= 0.6 is 0 Å². The minimum atomic E-state index is 0.736. The van der Waals surface area contributed by atoms with Crippen LogP contribution in [-0.2, 0) is 7.05 Å². The van der Waals surface area contributed by atoms with Crippen molar-refractivity contribution in [3.05, 3.63) is 29.5 Å². The van der Waals surface area contributed by atoms with Crippen LogP contribution in [0.15, 0.2) is 18.3 Å². The normalized spacial score (nSPS) is 31.3. The average molecular weight is 252 g/mol. The number of aromatic nitrogens is 1. The second kappa shape index (κ2) is 3.17. The van der Waals surface area contributed by atoms with Crippen LogP contribution < -0.4 is 4.90 Å². The standard InChI is InChI=1S/C17H20N2/c1-10-9-19(10)15-8-14-11-3-4-12(7-11)16(14)17-13(15)5-6-18(17)2/h5-6,8,10-12H,3-4,7,9H2,1-2H3. The van der Waals surface area contributed by atoms with Crippen LogP contribution in [0, 0.1) is 0 Å². The van der Waals surface area contributed by atoms with E-state index in [-0.39, 0.29) is 0 Å². The van der Waals surface area contributed by atoms with Gasteiger partial charge in [-0.15, -0.1) is 0 Å². The van der Waals surface area contributed by atoms with Crippen LogP contribution in [0.3, 0.4) is 0 Å². The Bertz CT molecular complexity index is 697. The SMILES string of the molecule is CC1CN1c1cc2c(c3c1ccn3C)C1CCC2C1. The van der Waals surface area contributed by atoms with Crippen molar-refractivity contribution >= 4 is 16.6 Å². The molecule has 3 unspecified atom stereocenters. The summed E-state index contributed by atoms with van der Waals surface area (Å²) < 4.78 is 2.35. The van der Waals surface area contributed by atoms with Crippen molar-refractivity contribution < 1.29 is 0 Å². The third-order valence-electron chi connectivity index (χ3n) is 5.66. The third kappa shape index (κ3) is 1.18. The van der Waals surface area contributed by atoms with E-state index in [4.69, 9.17) is 0 Å². The molecule has 1 aromatic heterocycles. The molecule has 2 bridgehead atoms. The van der Waals surface area contributed by atoms with E-state index in [0.29, 0.717) is 0 Å². The Kier molecular flexibility index (Phi) is 1.73. The smallest absolute Gasteiger partial charge is 0.0536 e. The molecule has 1 saturated carbocycles. The molecular formula is C17H20N2. The highest BCUT2D eigenvalue weighted by molar-refractivity contribution is 5.98. The minimum absolute atomic E-state index is 0.736. The lowest BCUT2D eigenvalue weighted by Crippen LogP contribution is -2.04. The van der Waals surface area contributed by atoms with Crippen LogP contribution in [0.2, 0.25) is 0 Å². The number of fused-ring (bicyclic) bond motifs is 7. The molecule has 2 nitrogen and oxygen atoms in total. The van der Waals surface area contributed by atoms with Gasteiger partial charge in [-0.1, -0.05) is 0 Å². The van der Waals surface area contributed by atoms with Crippen LogP contribution in [0.25, 0.3) is 10.9 Å². The lowest BCUT2D eigenvalue weighted by atomic mass is 9.89. The summed E-state index contributed by atoms with van der Waals surface area (Å²) in [5.74, 6) is 1.70. The van der Waals surface area contributed by atoms with Crippen molar-refractivity contribution in [1.82, 2.24) is 4.57 Å². The highest BCUT2D eigenvalue weighted by atomic mass is 15.3. The molecule has 2 aliphatic carbocycles. The fourth-order valence-electron chi connectivity index (χ4n) is 4.62. The summed E-state index contributed by atoms with van der Waals surface area (Å²) in [6.07, 6.45) is 6.49. The van der Waals surface area contributed by atoms with Gasteiger partial charge in [0.15, 0.2) is 0 Å². The Morgan fingerprint density at radius 1 is 1.21 bits per heavy atom. The molecule has 2 heteroatoms. The zero-order valence-corrected chi connectivity index (χ0v) is 11.7. The molecule has 5 rings (SSSR count). The van der Waals surface area contributed by atoms with Gasteiger partial charge in [-0.05, 0) is 61.3 Å². The Labute approximate surface area is 114 Å². The molecular weight excluding hydrogens is 232 g/mol. The topological polar surface area (TPSA) is 7.94 Å². The third-order valence-corrected chi connectivity index (χ3v) is 5.66. The quantitative estimate of drug-likeness (QED) is 0.702. The Morgan fingerprint density at radius 2 is 2.00 bits per heavy atom.